The topological polar surface area (TPSA) is 83.8 Å². The molecular formula is C27H38O5. The van der Waals surface area contributed by atoms with Gasteiger partial charge in [0.1, 0.15) is 5.78 Å². The van der Waals surface area contributed by atoms with E-state index in [2.05, 4.69) is 19.1 Å². The maximum Gasteiger partial charge on any atom is 0.303 e. The van der Waals surface area contributed by atoms with Crippen LogP contribution in [0.5, 0.6) is 0 Å². The molecule has 5 nitrogen and oxygen atoms in total. The SMILES string of the molecule is CCCOCCc1cccc(CC(O)/C=C/C2CCC(=O)[C@@H]2C/C=C\CCCC(=O)O)c1. The lowest BCUT2D eigenvalue weighted by Crippen LogP contribution is -2.14. The van der Waals surface area contributed by atoms with Crippen molar-refractivity contribution in [1.82, 2.24) is 0 Å². The molecule has 1 aliphatic carbocycles. The molecule has 0 saturated heterocycles. The summed E-state index contributed by atoms with van der Waals surface area (Å²) >= 11 is 0. The molecule has 1 saturated carbocycles. The number of aliphatic carboxylic acids is 1. The molecule has 0 amide bonds. The van der Waals surface area contributed by atoms with Crippen molar-refractivity contribution in [3.05, 3.63) is 59.7 Å². The fourth-order valence-electron chi connectivity index (χ4n) is 4.13. The van der Waals surface area contributed by atoms with Crippen LogP contribution in [0.15, 0.2) is 48.6 Å². The highest BCUT2D eigenvalue weighted by Crippen LogP contribution is 2.33. The molecule has 5 heteroatoms. The van der Waals surface area contributed by atoms with Gasteiger partial charge in [0.15, 0.2) is 0 Å². The highest BCUT2D eigenvalue weighted by molar-refractivity contribution is 5.83. The van der Waals surface area contributed by atoms with E-state index in [9.17, 15) is 14.7 Å². The number of unbranched alkanes of at least 4 members (excludes halogenated alkanes) is 1. The lowest BCUT2D eigenvalue weighted by Gasteiger charge is -2.14. The van der Waals surface area contributed by atoms with Crippen LogP contribution in [0.4, 0.5) is 0 Å². The number of aliphatic hydroxyl groups excluding tert-OH is 1. The van der Waals surface area contributed by atoms with Crippen LogP contribution in [0.25, 0.3) is 0 Å². The minimum absolute atomic E-state index is 0.0411. The average molecular weight is 443 g/mol. The van der Waals surface area contributed by atoms with Crippen molar-refractivity contribution in [1.29, 1.82) is 0 Å². The van der Waals surface area contributed by atoms with Crippen LogP contribution in [0.3, 0.4) is 0 Å². The van der Waals surface area contributed by atoms with Crippen molar-refractivity contribution in [3.8, 4) is 0 Å². The summed E-state index contributed by atoms with van der Waals surface area (Å²) in [5.74, 6) is -0.383. The fourth-order valence-corrected chi connectivity index (χ4v) is 4.13. The number of hydrogen-bond donors (Lipinski definition) is 2. The zero-order valence-electron chi connectivity index (χ0n) is 19.2. The fraction of sp³-hybridized carbons (Fsp3) is 0.556. The van der Waals surface area contributed by atoms with E-state index in [4.69, 9.17) is 9.84 Å². The van der Waals surface area contributed by atoms with Crippen molar-refractivity contribution < 1.29 is 24.5 Å². The number of aliphatic hydroxyl groups is 1. The third-order valence-corrected chi connectivity index (χ3v) is 5.87. The minimum Gasteiger partial charge on any atom is -0.481 e. The second kappa shape index (κ2) is 14.8. The second-order valence-corrected chi connectivity index (χ2v) is 8.61. The Labute approximate surface area is 192 Å². The monoisotopic (exact) mass is 442 g/mol. The summed E-state index contributed by atoms with van der Waals surface area (Å²) in [6.07, 6.45) is 13.3. The number of rotatable bonds is 15. The van der Waals surface area contributed by atoms with Gasteiger partial charge in [-0.2, -0.15) is 0 Å². The van der Waals surface area contributed by atoms with Crippen LogP contribution in [0.2, 0.25) is 0 Å². The van der Waals surface area contributed by atoms with Crippen molar-refractivity contribution in [2.75, 3.05) is 13.2 Å². The van der Waals surface area contributed by atoms with Gasteiger partial charge in [0, 0.05) is 31.8 Å². The Morgan fingerprint density at radius 3 is 2.84 bits per heavy atom. The molecule has 176 valence electrons. The molecule has 1 fully saturated rings. The van der Waals surface area contributed by atoms with E-state index >= 15 is 0 Å². The molecular weight excluding hydrogens is 404 g/mol. The first-order valence-corrected chi connectivity index (χ1v) is 11.9. The molecule has 1 aromatic carbocycles. The second-order valence-electron chi connectivity index (χ2n) is 8.61. The lowest BCUT2D eigenvalue weighted by molar-refractivity contribution is -0.137. The Morgan fingerprint density at radius 2 is 2.06 bits per heavy atom. The molecule has 2 N–H and O–H groups in total. The summed E-state index contributed by atoms with van der Waals surface area (Å²) in [5.41, 5.74) is 2.31. The van der Waals surface area contributed by atoms with Gasteiger partial charge in [-0.25, -0.2) is 0 Å². The normalized spacial score (nSPS) is 19.9. The van der Waals surface area contributed by atoms with Gasteiger partial charge in [0.05, 0.1) is 12.7 Å². The number of carboxylic acids is 1. The lowest BCUT2D eigenvalue weighted by atomic mass is 9.91. The summed E-state index contributed by atoms with van der Waals surface area (Å²) in [4.78, 5) is 22.8. The van der Waals surface area contributed by atoms with Gasteiger partial charge in [-0.1, -0.05) is 55.5 Å². The number of allylic oxidation sites excluding steroid dienone is 3. The van der Waals surface area contributed by atoms with Crippen molar-refractivity contribution in [3.63, 3.8) is 0 Å². The largest absolute Gasteiger partial charge is 0.481 e. The molecule has 0 bridgehead atoms. The molecule has 2 unspecified atom stereocenters. The first kappa shape index (κ1) is 26.0. The molecule has 0 aromatic heterocycles. The molecule has 0 aliphatic heterocycles. The Morgan fingerprint density at radius 1 is 1.25 bits per heavy atom. The van der Waals surface area contributed by atoms with Crippen LogP contribution in [-0.4, -0.2) is 41.3 Å². The van der Waals surface area contributed by atoms with Crippen LogP contribution >= 0.6 is 0 Å². The maximum atomic E-state index is 12.3. The minimum atomic E-state index is -0.777. The zero-order chi connectivity index (χ0) is 23.2. The number of carboxylic acid groups (broad SMARTS) is 1. The van der Waals surface area contributed by atoms with Crippen LogP contribution in [0.1, 0.15) is 63.0 Å². The first-order chi connectivity index (χ1) is 15.5. The number of Topliss-reactive ketones (excluding diaryl/α,β-unsaturated/α-hetero) is 1. The molecule has 3 atom stereocenters. The van der Waals surface area contributed by atoms with Crippen molar-refractivity contribution in [2.24, 2.45) is 11.8 Å². The smallest absolute Gasteiger partial charge is 0.303 e. The molecule has 0 heterocycles. The number of benzene rings is 1. The number of ketones is 1. The number of carbonyl (C=O) groups excluding carboxylic acids is 1. The van der Waals surface area contributed by atoms with Crippen LogP contribution in [-0.2, 0) is 27.2 Å². The van der Waals surface area contributed by atoms with Gasteiger partial charge in [0.25, 0.3) is 0 Å². The summed E-state index contributed by atoms with van der Waals surface area (Å²) in [6.45, 7) is 3.60. The van der Waals surface area contributed by atoms with E-state index in [0.717, 1.165) is 37.9 Å². The third-order valence-electron chi connectivity index (χ3n) is 5.87. The molecule has 1 aliphatic rings. The Bertz CT molecular complexity index is 767. The van der Waals surface area contributed by atoms with E-state index in [-0.39, 0.29) is 24.0 Å². The van der Waals surface area contributed by atoms with E-state index in [1.807, 2.05) is 36.4 Å². The third kappa shape index (κ3) is 9.92. The van der Waals surface area contributed by atoms with E-state index in [1.54, 1.807) is 0 Å². The van der Waals surface area contributed by atoms with Gasteiger partial charge in [-0.3, -0.25) is 9.59 Å². The van der Waals surface area contributed by atoms with Crippen LogP contribution in [0, 0.1) is 11.8 Å². The highest BCUT2D eigenvalue weighted by atomic mass is 16.5. The summed E-state index contributed by atoms with van der Waals surface area (Å²) in [6, 6.07) is 8.27. The van der Waals surface area contributed by atoms with Gasteiger partial charge < -0.3 is 14.9 Å². The summed E-state index contributed by atoms with van der Waals surface area (Å²) < 4.78 is 5.56. The summed E-state index contributed by atoms with van der Waals surface area (Å²) in [7, 11) is 0. The number of hydrogen-bond acceptors (Lipinski definition) is 4. The van der Waals surface area contributed by atoms with E-state index in [1.165, 1.54) is 5.56 Å². The average Bonchev–Trinajstić information content (AvgIpc) is 3.11. The quantitative estimate of drug-likeness (QED) is 0.298. The van der Waals surface area contributed by atoms with Gasteiger partial charge >= 0.3 is 5.97 Å². The maximum absolute atomic E-state index is 12.3. The van der Waals surface area contributed by atoms with Crippen LogP contribution < -0.4 is 0 Å². The van der Waals surface area contributed by atoms with Crippen molar-refractivity contribution >= 4 is 11.8 Å². The first-order valence-electron chi connectivity index (χ1n) is 11.9. The molecule has 32 heavy (non-hydrogen) atoms. The Kier molecular flexibility index (Phi) is 12.0. The van der Waals surface area contributed by atoms with E-state index < -0.39 is 12.1 Å². The standard InChI is InChI=1S/C27H38O5/c1-2-17-32-18-16-21-8-7-9-22(19-21)20-24(28)14-12-23-13-15-26(29)25(23)10-5-3-4-6-11-27(30)31/h3,5,7-9,12,14,19,23-25,28H,2,4,6,10-11,13,15-18,20H2,1H3,(H,30,31)/b5-3-,14-12+/t23?,24?,25-/m1/s1. The van der Waals surface area contributed by atoms with E-state index in [0.29, 0.717) is 32.3 Å². The molecule has 1 aromatic rings. The Hall–Kier alpha value is -2.24. The predicted molar refractivity (Wildman–Crippen MR) is 127 cm³/mol. The summed E-state index contributed by atoms with van der Waals surface area (Å²) in [5, 5.41) is 19.2. The zero-order valence-corrected chi connectivity index (χ0v) is 19.2. The highest BCUT2D eigenvalue weighted by Gasteiger charge is 2.31. The molecule has 0 radical (unpaired) electrons. The molecule has 0 spiro atoms. The predicted octanol–water partition coefficient (Wildman–Crippen LogP) is 4.91. The molecule has 2 rings (SSSR count). The van der Waals surface area contributed by atoms with Crippen molar-refractivity contribution in [2.45, 2.75) is 70.8 Å². The van der Waals surface area contributed by atoms with Gasteiger partial charge in [-0.05, 0) is 55.6 Å². The number of ether oxygens (including phenoxy) is 1. The Balaban J connectivity index is 1.81. The van der Waals surface area contributed by atoms with Gasteiger partial charge in [0.2, 0.25) is 0 Å². The van der Waals surface area contributed by atoms with Gasteiger partial charge in [-0.15, -0.1) is 0 Å². The number of carbonyl (C=O) groups is 2.